The van der Waals surface area contributed by atoms with Crippen LogP contribution in [0.15, 0.2) is 24.7 Å². The van der Waals surface area contributed by atoms with E-state index < -0.39 is 5.82 Å². The molecular weight excluding hydrogens is 375 g/mol. The van der Waals surface area contributed by atoms with Crippen LogP contribution in [0.4, 0.5) is 10.2 Å². The molecule has 3 aliphatic rings. The normalized spacial score (nSPS) is 22.8. The Kier molecular flexibility index (Phi) is 5.37. The number of methoxy groups -OCH3 is 1. The molecule has 9 heteroatoms. The van der Waals surface area contributed by atoms with Gasteiger partial charge in [0.05, 0.1) is 42.7 Å². The van der Waals surface area contributed by atoms with Crippen LogP contribution in [0.2, 0.25) is 0 Å². The Morgan fingerprint density at radius 2 is 2.07 bits per heavy atom. The maximum Gasteiger partial charge on any atom is 0.308 e. The molecule has 0 saturated heterocycles. The number of pyridine rings is 1. The number of anilines is 1. The number of aromatic amines is 1. The van der Waals surface area contributed by atoms with Gasteiger partial charge in [-0.1, -0.05) is 12.8 Å². The van der Waals surface area contributed by atoms with Crippen molar-refractivity contribution in [3.05, 3.63) is 30.5 Å². The number of nitrogens with zero attached hydrogens (tertiary/aromatic N) is 4. The number of nitrogens with two attached hydrogens (primary N) is 1. The molecule has 0 amide bonds. The van der Waals surface area contributed by atoms with Crippen LogP contribution in [0.25, 0.3) is 22.4 Å². The number of nitrogens with one attached hydrogen (secondary N) is 1. The highest BCUT2D eigenvalue weighted by Gasteiger charge is 2.39. The first-order chi connectivity index (χ1) is 14.0. The van der Waals surface area contributed by atoms with E-state index in [0.29, 0.717) is 28.3 Å². The van der Waals surface area contributed by atoms with Gasteiger partial charge in [-0.3, -0.25) is 14.9 Å². The molecule has 0 unspecified atom stereocenters. The zero-order chi connectivity index (χ0) is 20.4. The standard InChI is InChI=1S/C10H7FN6.C10H16O2.2H2/c11-5-1-6-9(16-17-10(6)14-2-5)7-3-13-4-8(12)15-7;1-12-10(11)9-6-7-2-4-8(9)5-3-7;;/h1-4H,(H2,12,15)(H,14,16,17);7-9H,2-6H2,1H3;2*1H/t;7?,8?,9-;;/m.1../s1. The summed E-state index contributed by atoms with van der Waals surface area (Å²) in [7, 11) is 1.50. The summed E-state index contributed by atoms with van der Waals surface area (Å²) in [5, 5.41) is 7.25. The van der Waals surface area contributed by atoms with E-state index in [9.17, 15) is 9.18 Å². The Bertz CT molecular complexity index is 1030. The molecule has 29 heavy (non-hydrogen) atoms. The van der Waals surface area contributed by atoms with E-state index in [0.717, 1.165) is 18.5 Å². The largest absolute Gasteiger partial charge is 0.469 e. The molecule has 3 heterocycles. The number of H-pyrrole nitrogens is 1. The summed E-state index contributed by atoms with van der Waals surface area (Å²) < 4.78 is 17.9. The second kappa shape index (κ2) is 8.10. The maximum absolute atomic E-state index is 13.1. The van der Waals surface area contributed by atoms with Crippen molar-refractivity contribution >= 4 is 22.8 Å². The molecule has 3 aromatic heterocycles. The van der Waals surface area contributed by atoms with Crippen LogP contribution in [0.1, 0.15) is 35.0 Å². The van der Waals surface area contributed by atoms with Crippen LogP contribution in [0.3, 0.4) is 0 Å². The number of hydrogen-bond acceptors (Lipinski definition) is 7. The van der Waals surface area contributed by atoms with Gasteiger partial charge in [0.2, 0.25) is 0 Å². The summed E-state index contributed by atoms with van der Waals surface area (Å²) in [5.41, 5.74) is 7.01. The Balaban J connectivity index is 0.000000218. The summed E-state index contributed by atoms with van der Waals surface area (Å²) in [4.78, 5) is 23.2. The lowest BCUT2D eigenvalue weighted by Gasteiger charge is -2.40. The molecule has 6 rings (SSSR count). The zero-order valence-corrected chi connectivity index (χ0v) is 16.1. The first-order valence-corrected chi connectivity index (χ1v) is 9.70. The van der Waals surface area contributed by atoms with Gasteiger partial charge in [-0.05, 0) is 37.2 Å². The molecule has 0 aliphatic heterocycles. The Morgan fingerprint density at radius 3 is 2.72 bits per heavy atom. The van der Waals surface area contributed by atoms with Crippen molar-refractivity contribution < 1.29 is 16.8 Å². The topological polar surface area (TPSA) is 120 Å². The molecule has 3 aromatic rings. The predicted octanol–water partition coefficient (Wildman–Crippen LogP) is 3.61. The number of rotatable bonds is 2. The lowest BCUT2D eigenvalue weighted by atomic mass is 9.65. The molecule has 1 atom stereocenters. The van der Waals surface area contributed by atoms with Gasteiger partial charge < -0.3 is 10.5 Å². The van der Waals surface area contributed by atoms with Crippen LogP contribution in [-0.4, -0.2) is 38.2 Å². The molecule has 3 saturated carbocycles. The molecule has 0 radical (unpaired) electrons. The second-order valence-corrected chi connectivity index (χ2v) is 7.60. The van der Waals surface area contributed by atoms with E-state index in [2.05, 4.69) is 25.1 Å². The highest BCUT2D eigenvalue weighted by molar-refractivity contribution is 5.89. The zero-order valence-electron chi connectivity index (χ0n) is 16.1. The molecule has 156 valence electrons. The number of halogens is 1. The number of ether oxygens (including phenoxy) is 1. The summed E-state index contributed by atoms with van der Waals surface area (Å²) in [6.45, 7) is 0. The van der Waals surface area contributed by atoms with Crippen LogP contribution < -0.4 is 5.73 Å². The monoisotopic (exact) mass is 402 g/mol. The summed E-state index contributed by atoms with van der Waals surface area (Å²) in [6, 6.07) is 1.34. The van der Waals surface area contributed by atoms with Crippen LogP contribution in [0, 0.1) is 23.6 Å². The van der Waals surface area contributed by atoms with Crippen molar-refractivity contribution in [2.24, 2.45) is 17.8 Å². The number of carbonyl (C=O) groups is 1. The van der Waals surface area contributed by atoms with Gasteiger partial charge in [0, 0.05) is 2.85 Å². The van der Waals surface area contributed by atoms with E-state index in [4.69, 9.17) is 10.5 Å². The minimum Gasteiger partial charge on any atom is -0.469 e. The SMILES string of the molecule is COC(=O)[C@@H]1CC2CCC1CC2.Nc1cncc(-c2[nH]nc3ncc(F)cc23)n1.[HH].[HH]. The van der Waals surface area contributed by atoms with Crippen molar-refractivity contribution in [1.29, 1.82) is 0 Å². The number of nitrogen functional groups attached to an aromatic ring is 1. The average molecular weight is 402 g/mol. The smallest absolute Gasteiger partial charge is 0.308 e. The lowest BCUT2D eigenvalue weighted by Crippen LogP contribution is -2.36. The molecule has 8 nitrogen and oxygen atoms in total. The number of carbonyl (C=O) groups excluding carboxylic acids is 1. The van der Waals surface area contributed by atoms with Crippen LogP contribution in [-0.2, 0) is 9.53 Å². The van der Waals surface area contributed by atoms with Crippen LogP contribution in [0.5, 0.6) is 0 Å². The third-order valence-electron chi connectivity index (χ3n) is 5.84. The van der Waals surface area contributed by atoms with Crippen molar-refractivity contribution in [1.82, 2.24) is 25.1 Å². The predicted molar refractivity (Wildman–Crippen MR) is 109 cm³/mol. The van der Waals surface area contributed by atoms with E-state index >= 15 is 0 Å². The van der Waals surface area contributed by atoms with Crippen molar-refractivity contribution in [3.63, 3.8) is 0 Å². The lowest BCUT2D eigenvalue weighted by molar-refractivity contribution is -0.151. The van der Waals surface area contributed by atoms with Gasteiger partial charge in [-0.2, -0.15) is 5.10 Å². The van der Waals surface area contributed by atoms with Gasteiger partial charge in [0.1, 0.15) is 17.3 Å². The Labute approximate surface area is 170 Å². The summed E-state index contributed by atoms with van der Waals surface area (Å²) >= 11 is 0. The fourth-order valence-corrected chi connectivity index (χ4v) is 4.39. The molecule has 3 aliphatic carbocycles. The minimum atomic E-state index is -0.433. The third kappa shape index (κ3) is 4.03. The van der Waals surface area contributed by atoms with E-state index in [1.54, 1.807) is 0 Å². The maximum atomic E-state index is 13.1. The number of fused-ring (bicyclic) bond motifs is 4. The molecule has 2 bridgehead atoms. The highest BCUT2D eigenvalue weighted by atomic mass is 19.1. The van der Waals surface area contributed by atoms with Crippen molar-refractivity contribution in [2.45, 2.75) is 32.1 Å². The highest BCUT2D eigenvalue weighted by Crippen LogP contribution is 2.45. The van der Waals surface area contributed by atoms with Crippen LogP contribution >= 0.6 is 0 Å². The third-order valence-corrected chi connectivity index (χ3v) is 5.84. The number of hydrogen-bond donors (Lipinski definition) is 2. The fraction of sp³-hybridized carbons (Fsp3) is 0.450. The summed E-state index contributed by atoms with van der Waals surface area (Å²) in [6.07, 6.45) is 10.4. The number of esters is 1. The first-order valence-electron chi connectivity index (χ1n) is 9.70. The molecule has 0 spiro atoms. The second-order valence-electron chi connectivity index (χ2n) is 7.60. The molecule has 3 fully saturated rings. The Hall–Kier alpha value is -3.10. The average Bonchev–Trinajstić information content (AvgIpc) is 3.17. The van der Waals surface area contributed by atoms with Gasteiger partial charge >= 0.3 is 5.97 Å². The van der Waals surface area contributed by atoms with Gasteiger partial charge in [0.25, 0.3) is 0 Å². The first kappa shape index (κ1) is 19.2. The minimum absolute atomic E-state index is 0. The summed E-state index contributed by atoms with van der Waals surface area (Å²) in [5.74, 6) is 1.58. The molecular formula is C20H27FN6O2. The molecule has 3 N–H and O–H groups in total. The van der Waals surface area contributed by atoms with Crippen molar-refractivity contribution in [2.75, 3.05) is 12.8 Å². The van der Waals surface area contributed by atoms with E-state index in [-0.39, 0.29) is 20.6 Å². The van der Waals surface area contributed by atoms with E-state index in [1.165, 1.54) is 51.3 Å². The van der Waals surface area contributed by atoms with Gasteiger partial charge in [0.15, 0.2) is 5.65 Å². The quantitative estimate of drug-likeness (QED) is 0.628. The number of aromatic nitrogens is 5. The van der Waals surface area contributed by atoms with Crippen molar-refractivity contribution in [3.8, 4) is 11.4 Å². The van der Waals surface area contributed by atoms with E-state index in [1.807, 2.05) is 0 Å². The van der Waals surface area contributed by atoms with Gasteiger partial charge in [-0.15, -0.1) is 0 Å². The van der Waals surface area contributed by atoms with Gasteiger partial charge in [-0.25, -0.2) is 14.4 Å². The molecule has 0 aromatic carbocycles. The fourth-order valence-electron chi connectivity index (χ4n) is 4.39. The Morgan fingerprint density at radius 1 is 1.28 bits per heavy atom.